The Kier molecular flexibility index (Phi) is 4.88. The summed E-state index contributed by atoms with van der Waals surface area (Å²) >= 11 is 0. The molecule has 0 radical (unpaired) electrons. The third-order valence-corrected chi connectivity index (χ3v) is 4.85. The van der Waals surface area contributed by atoms with Crippen LogP contribution < -0.4 is 5.32 Å². The quantitative estimate of drug-likeness (QED) is 0.552. The zero-order valence-electron chi connectivity index (χ0n) is 16.1. The van der Waals surface area contributed by atoms with Gasteiger partial charge in [0.25, 0.3) is 0 Å². The Morgan fingerprint density at radius 1 is 1.07 bits per heavy atom. The molecule has 29 heavy (non-hydrogen) atoms. The van der Waals surface area contributed by atoms with Gasteiger partial charge in [-0.1, -0.05) is 12.1 Å². The number of hydrogen-bond acceptors (Lipinski definition) is 2. The summed E-state index contributed by atoms with van der Waals surface area (Å²) in [4.78, 5) is 12.4. The molecule has 0 saturated carbocycles. The highest BCUT2D eigenvalue weighted by Crippen LogP contribution is 2.21. The summed E-state index contributed by atoms with van der Waals surface area (Å²) in [6.07, 6.45) is 3.98. The highest BCUT2D eigenvalue weighted by molar-refractivity contribution is 5.92. The summed E-state index contributed by atoms with van der Waals surface area (Å²) in [6.45, 7) is 2.32. The van der Waals surface area contributed by atoms with Gasteiger partial charge in [0.2, 0.25) is 5.91 Å². The molecular weight excluding hydrogens is 374 g/mol. The van der Waals surface area contributed by atoms with Crippen molar-refractivity contribution >= 4 is 22.6 Å². The Labute approximate surface area is 166 Å². The van der Waals surface area contributed by atoms with Crippen molar-refractivity contribution in [3.8, 4) is 0 Å². The SMILES string of the molecule is Cc1cn(C)c2ccc(CC(=O)Nc3ccn(Cc4ccc(F)c(F)c4)n3)cc12. The van der Waals surface area contributed by atoms with Crippen LogP contribution in [-0.2, 0) is 24.8 Å². The Morgan fingerprint density at radius 3 is 2.66 bits per heavy atom. The van der Waals surface area contributed by atoms with Gasteiger partial charge in [0, 0.05) is 36.4 Å². The number of rotatable bonds is 5. The molecule has 0 bridgehead atoms. The molecule has 5 nitrogen and oxygen atoms in total. The second kappa shape index (κ2) is 7.50. The Morgan fingerprint density at radius 2 is 1.86 bits per heavy atom. The lowest BCUT2D eigenvalue weighted by atomic mass is 10.1. The largest absolute Gasteiger partial charge is 0.350 e. The van der Waals surface area contributed by atoms with Gasteiger partial charge in [-0.25, -0.2) is 8.78 Å². The van der Waals surface area contributed by atoms with E-state index in [-0.39, 0.29) is 18.9 Å². The molecule has 1 amide bonds. The van der Waals surface area contributed by atoms with Gasteiger partial charge >= 0.3 is 0 Å². The highest BCUT2D eigenvalue weighted by atomic mass is 19.2. The first-order valence-corrected chi connectivity index (χ1v) is 9.21. The fourth-order valence-corrected chi connectivity index (χ4v) is 3.46. The molecule has 0 spiro atoms. The molecule has 0 aliphatic rings. The van der Waals surface area contributed by atoms with Gasteiger partial charge in [0.1, 0.15) is 0 Å². The maximum absolute atomic E-state index is 13.3. The van der Waals surface area contributed by atoms with Gasteiger partial charge in [-0.2, -0.15) is 5.10 Å². The van der Waals surface area contributed by atoms with E-state index < -0.39 is 11.6 Å². The molecule has 1 N–H and O–H groups in total. The first kappa shape index (κ1) is 18.9. The standard InChI is InChI=1S/C22H20F2N4O/c1-14-12-27(2)20-6-4-15(9-17(14)20)11-22(29)25-21-7-8-28(26-21)13-16-3-5-18(23)19(24)10-16/h3-10,12H,11,13H2,1-2H3,(H,25,26,29). The van der Waals surface area contributed by atoms with Gasteiger partial charge < -0.3 is 9.88 Å². The van der Waals surface area contributed by atoms with Gasteiger partial charge in [0.15, 0.2) is 17.5 Å². The lowest BCUT2D eigenvalue weighted by Gasteiger charge is -2.05. The number of aryl methyl sites for hydroxylation is 2. The van der Waals surface area contributed by atoms with Crippen molar-refractivity contribution in [2.75, 3.05) is 5.32 Å². The molecular formula is C22H20F2N4O. The topological polar surface area (TPSA) is 51.9 Å². The van der Waals surface area contributed by atoms with Crippen LogP contribution in [0.15, 0.2) is 54.9 Å². The molecule has 0 fully saturated rings. The minimum Gasteiger partial charge on any atom is -0.350 e. The van der Waals surface area contributed by atoms with Crippen molar-refractivity contribution in [3.05, 3.63) is 83.2 Å². The number of anilines is 1. The van der Waals surface area contributed by atoms with Crippen molar-refractivity contribution in [1.29, 1.82) is 0 Å². The third-order valence-electron chi connectivity index (χ3n) is 4.85. The van der Waals surface area contributed by atoms with Gasteiger partial charge in [-0.15, -0.1) is 0 Å². The van der Waals surface area contributed by atoms with E-state index in [1.807, 2.05) is 32.2 Å². The van der Waals surface area contributed by atoms with E-state index in [1.54, 1.807) is 16.9 Å². The summed E-state index contributed by atoms with van der Waals surface area (Å²) in [5, 5.41) is 8.18. The number of carbonyl (C=O) groups is 1. The number of fused-ring (bicyclic) bond motifs is 1. The van der Waals surface area contributed by atoms with E-state index in [0.717, 1.165) is 28.6 Å². The van der Waals surface area contributed by atoms with Gasteiger partial charge in [-0.05, 0) is 47.9 Å². The minimum atomic E-state index is -0.895. The Hall–Kier alpha value is -3.48. The van der Waals surface area contributed by atoms with Crippen LogP contribution in [0, 0.1) is 18.6 Å². The summed E-state index contributed by atoms with van der Waals surface area (Å²) in [5.41, 5.74) is 3.80. The summed E-state index contributed by atoms with van der Waals surface area (Å²) in [6, 6.07) is 11.4. The zero-order valence-corrected chi connectivity index (χ0v) is 16.1. The molecule has 4 aromatic rings. The van der Waals surface area contributed by atoms with Crippen LogP contribution in [0.3, 0.4) is 0 Å². The fraction of sp³-hybridized carbons (Fsp3) is 0.182. The normalized spacial score (nSPS) is 11.2. The average Bonchev–Trinajstić information content (AvgIpc) is 3.22. The second-order valence-corrected chi connectivity index (χ2v) is 7.15. The smallest absolute Gasteiger partial charge is 0.229 e. The molecule has 2 aromatic heterocycles. The van der Waals surface area contributed by atoms with Crippen LogP contribution in [0.1, 0.15) is 16.7 Å². The summed E-state index contributed by atoms with van der Waals surface area (Å²) in [7, 11) is 2.00. The second-order valence-electron chi connectivity index (χ2n) is 7.15. The van der Waals surface area contributed by atoms with E-state index in [1.165, 1.54) is 11.6 Å². The van der Waals surface area contributed by atoms with E-state index >= 15 is 0 Å². The number of aromatic nitrogens is 3. The minimum absolute atomic E-state index is 0.170. The maximum atomic E-state index is 13.3. The van der Waals surface area contributed by atoms with E-state index in [4.69, 9.17) is 0 Å². The van der Waals surface area contributed by atoms with Crippen LogP contribution in [0.2, 0.25) is 0 Å². The predicted octanol–water partition coefficient (Wildman–Crippen LogP) is 4.19. The number of hydrogen-bond donors (Lipinski definition) is 1. The molecule has 7 heteroatoms. The van der Waals surface area contributed by atoms with Crippen molar-refractivity contribution in [2.45, 2.75) is 19.9 Å². The predicted molar refractivity (Wildman–Crippen MR) is 108 cm³/mol. The summed E-state index contributed by atoms with van der Waals surface area (Å²) < 4.78 is 30.0. The van der Waals surface area contributed by atoms with Crippen LogP contribution >= 0.6 is 0 Å². The van der Waals surface area contributed by atoms with Gasteiger partial charge in [0.05, 0.1) is 13.0 Å². The molecule has 148 valence electrons. The van der Waals surface area contributed by atoms with Crippen molar-refractivity contribution < 1.29 is 13.6 Å². The molecule has 0 aliphatic heterocycles. The van der Waals surface area contributed by atoms with Gasteiger partial charge in [-0.3, -0.25) is 9.48 Å². The number of halogens is 2. The van der Waals surface area contributed by atoms with Crippen LogP contribution in [0.25, 0.3) is 10.9 Å². The van der Waals surface area contributed by atoms with E-state index in [9.17, 15) is 13.6 Å². The molecule has 0 aliphatic carbocycles. The zero-order chi connectivity index (χ0) is 20.5. The Bertz CT molecular complexity index is 1210. The molecule has 2 heterocycles. The lowest BCUT2D eigenvalue weighted by molar-refractivity contribution is -0.115. The molecule has 4 rings (SSSR count). The van der Waals surface area contributed by atoms with Crippen molar-refractivity contribution in [1.82, 2.24) is 14.3 Å². The van der Waals surface area contributed by atoms with Crippen molar-refractivity contribution in [2.24, 2.45) is 7.05 Å². The van der Waals surface area contributed by atoms with Crippen molar-refractivity contribution in [3.63, 3.8) is 0 Å². The summed E-state index contributed by atoms with van der Waals surface area (Å²) in [5.74, 6) is -1.54. The maximum Gasteiger partial charge on any atom is 0.229 e. The van der Waals surface area contributed by atoms with E-state index in [0.29, 0.717) is 11.4 Å². The van der Waals surface area contributed by atoms with E-state index in [2.05, 4.69) is 21.2 Å². The number of nitrogens with zero attached hydrogens (tertiary/aromatic N) is 3. The van der Waals surface area contributed by atoms with Crippen LogP contribution in [0.5, 0.6) is 0 Å². The van der Waals surface area contributed by atoms with Crippen LogP contribution in [-0.4, -0.2) is 20.3 Å². The average molecular weight is 394 g/mol. The number of nitrogens with one attached hydrogen (secondary N) is 1. The third kappa shape index (κ3) is 4.03. The highest BCUT2D eigenvalue weighted by Gasteiger charge is 2.10. The molecule has 0 atom stereocenters. The fourth-order valence-electron chi connectivity index (χ4n) is 3.46. The number of amides is 1. The first-order chi connectivity index (χ1) is 13.9. The number of benzene rings is 2. The Balaban J connectivity index is 1.41. The first-order valence-electron chi connectivity index (χ1n) is 9.21. The molecule has 0 saturated heterocycles. The van der Waals surface area contributed by atoms with Crippen LogP contribution in [0.4, 0.5) is 14.6 Å². The molecule has 0 unspecified atom stereocenters. The molecule has 2 aromatic carbocycles. The lowest BCUT2D eigenvalue weighted by Crippen LogP contribution is -2.15. The monoisotopic (exact) mass is 394 g/mol. The number of carbonyl (C=O) groups excluding carboxylic acids is 1.